The van der Waals surface area contributed by atoms with E-state index in [9.17, 15) is 9.59 Å². The van der Waals surface area contributed by atoms with Gasteiger partial charge in [0.15, 0.2) is 11.7 Å². The highest BCUT2D eigenvalue weighted by atomic mass is 35.5. The number of ether oxygens (including phenoxy) is 1. The lowest BCUT2D eigenvalue weighted by atomic mass is 10.2. The molecule has 9 heteroatoms. The summed E-state index contributed by atoms with van der Waals surface area (Å²) < 4.78 is 5.37. The monoisotopic (exact) mass is 412 g/mol. The van der Waals surface area contributed by atoms with Gasteiger partial charge in [0.25, 0.3) is 5.91 Å². The molecule has 0 spiro atoms. The van der Waals surface area contributed by atoms with Crippen molar-refractivity contribution in [2.24, 2.45) is 0 Å². The van der Waals surface area contributed by atoms with Gasteiger partial charge < -0.3 is 15.2 Å². The van der Waals surface area contributed by atoms with Crippen LogP contribution >= 0.6 is 35.4 Å². The number of carbonyl (C=O) groups excluding carboxylic acids is 1. The van der Waals surface area contributed by atoms with Crippen LogP contribution in [0.2, 0.25) is 10.0 Å². The fourth-order valence-corrected chi connectivity index (χ4v) is 2.50. The predicted octanol–water partition coefficient (Wildman–Crippen LogP) is 3.89. The maximum absolute atomic E-state index is 11.9. The van der Waals surface area contributed by atoms with E-state index in [1.54, 1.807) is 24.3 Å². The molecule has 0 aromatic heterocycles. The van der Waals surface area contributed by atoms with Crippen molar-refractivity contribution < 1.29 is 19.4 Å². The van der Waals surface area contributed by atoms with Crippen LogP contribution < -0.4 is 15.4 Å². The SMILES string of the molecule is Cc1cc(OCC(=O)NC(=S)Nc2ccc(Cl)c(C(=O)O)c2)ccc1Cl. The maximum Gasteiger partial charge on any atom is 0.337 e. The third-order valence-electron chi connectivity index (χ3n) is 3.21. The summed E-state index contributed by atoms with van der Waals surface area (Å²) in [7, 11) is 0. The van der Waals surface area contributed by atoms with Crippen molar-refractivity contribution in [1.29, 1.82) is 0 Å². The highest BCUT2D eigenvalue weighted by molar-refractivity contribution is 7.80. The molecule has 2 rings (SSSR count). The van der Waals surface area contributed by atoms with Crippen molar-refractivity contribution in [3.63, 3.8) is 0 Å². The number of carbonyl (C=O) groups is 2. The summed E-state index contributed by atoms with van der Waals surface area (Å²) in [6, 6.07) is 9.32. The van der Waals surface area contributed by atoms with Crippen molar-refractivity contribution in [1.82, 2.24) is 5.32 Å². The van der Waals surface area contributed by atoms with Crippen molar-refractivity contribution in [3.05, 3.63) is 57.6 Å². The third kappa shape index (κ3) is 5.59. The number of carboxylic acids is 1. The first kappa shape index (κ1) is 20.0. The zero-order valence-electron chi connectivity index (χ0n) is 13.5. The average Bonchev–Trinajstić information content (AvgIpc) is 2.57. The molecule has 0 bridgehead atoms. The van der Waals surface area contributed by atoms with Crippen molar-refractivity contribution >= 4 is 58.1 Å². The van der Waals surface area contributed by atoms with Crippen LogP contribution in [0.3, 0.4) is 0 Å². The van der Waals surface area contributed by atoms with Crippen LogP contribution in [0.15, 0.2) is 36.4 Å². The molecule has 3 N–H and O–H groups in total. The fraction of sp³-hybridized carbons (Fsp3) is 0.118. The molecule has 6 nitrogen and oxygen atoms in total. The Hall–Kier alpha value is -2.35. The van der Waals surface area contributed by atoms with E-state index in [1.807, 2.05) is 6.92 Å². The summed E-state index contributed by atoms with van der Waals surface area (Å²) in [5, 5.41) is 14.9. The molecule has 0 heterocycles. The number of aryl methyl sites for hydroxylation is 1. The number of amides is 1. The molecule has 0 atom stereocenters. The lowest BCUT2D eigenvalue weighted by molar-refractivity contribution is -0.121. The van der Waals surface area contributed by atoms with Gasteiger partial charge in [-0.2, -0.15) is 0 Å². The molecule has 136 valence electrons. The molecule has 26 heavy (non-hydrogen) atoms. The second kappa shape index (κ2) is 8.84. The molecule has 0 aliphatic rings. The van der Waals surface area contributed by atoms with Gasteiger partial charge in [-0.3, -0.25) is 10.1 Å². The van der Waals surface area contributed by atoms with E-state index in [1.165, 1.54) is 12.1 Å². The van der Waals surface area contributed by atoms with Crippen molar-refractivity contribution in [3.8, 4) is 5.75 Å². The largest absolute Gasteiger partial charge is 0.484 e. The molecule has 0 saturated heterocycles. The normalized spacial score (nSPS) is 10.1. The first-order chi connectivity index (χ1) is 12.3. The van der Waals surface area contributed by atoms with E-state index < -0.39 is 11.9 Å². The summed E-state index contributed by atoms with van der Waals surface area (Å²) in [5.41, 5.74) is 1.14. The van der Waals surface area contributed by atoms with E-state index in [4.69, 9.17) is 45.3 Å². The van der Waals surface area contributed by atoms with Crippen LogP contribution in [-0.4, -0.2) is 28.7 Å². The Morgan fingerprint density at radius 2 is 1.85 bits per heavy atom. The number of rotatable bonds is 5. The summed E-state index contributed by atoms with van der Waals surface area (Å²) in [4.78, 5) is 23.0. The van der Waals surface area contributed by atoms with Gasteiger partial charge in [-0.1, -0.05) is 23.2 Å². The molecule has 0 aliphatic heterocycles. The Morgan fingerprint density at radius 3 is 2.50 bits per heavy atom. The number of benzene rings is 2. The Kier molecular flexibility index (Phi) is 6.79. The second-order valence-corrected chi connectivity index (χ2v) is 6.42. The Balaban J connectivity index is 1.89. The number of halogens is 2. The predicted molar refractivity (Wildman–Crippen MR) is 104 cm³/mol. The van der Waals surface area contributed by atoms with E-state index in [2.05, 4.69) is 10.6 Å². The zero-order chi connectivity index (χ0) is 19.3. The quantitative estimate of drug-likeness (QED) is 0.645. The van der Waals surface area contributed by atoms with Crippen LogP contribution in [0.25, 0.3) is 0 Å². The van der Waals surface area contributed by atoms with Crippen LogP contribution in [0.1, 0.15) is 15.9 Å². The van der Waals surface area contributed by atoms with Gasteiger partial charge in [-0.15, -0.1) is 0 Å². The average molecular weight is 413 g/mol. The number of aromatic carboxylic acids is 1. The fourth-order valence-electron chi connectivity index (χ4n) is 1.95. The first-order valence-electron chi connectivity index (χ1n) is 7.29. The number of nitrogens with one attached hydrogen (secondary N) is 2. The van der Waals surface area contributed by atoms with Crippen LogP contribution in [0, 0.1) is 6.92 Å². The summed E-state index contributed by atoms with van der Waals surface area (Å²) >= 11 is 16.7. The first-order valence-corrected chi connectivity index (χ1v) is 8.45. The van der Waals surface area contributed by atoms with Crippen LogP contribution in [0.4, 0.5) is 5.69 Å². The minimum atomic E-state index is -1.17. The minimum Gasteiger partial charge on any atom is -0.484 e. The molecular weight excluding hydrogens is 399 g/mol. The number of hydrogen-bond acceptors (Lipinski definition) is 4. The van der Waals surface area contributed by atoms with Gasteiger partial charge in [0.05, 0.1) is 10.6 Å². The second-order valence-electron chi connectivity index (χ2n) is 5.20. The van der Waals surface area contributed by atoms with Crippen LogP contribution in [-0.2, 0) is 4.79 Å². The number of carboxylic acid groups (broad SMARTS) is 1. The molecule has 0 saturated carbocycles. The standard InChI is InChI=1S/C17H14Cl2N2O4S/c1-9-6-11(3-5-13(9)18)25-8-15(22)21-17(26)20-10-2-4-14(19)12(7-10)16(23)24/h2-7H,8H2,1H3,(H,23,24)(H2,20,21,22,26). The van der Waals surface area contributed by atoms with Crippen molar-refractivity contribution in [2.45, 2.75) is 6.92 Å². The number of anilines is 1. The highest BCUT2D eigenvalue weighted by Crippen LogP contribution is 2.21. The lowest BCUT2D eigenvalue weighted by Crippen LogP contribution is -2.37. The summed E-state index contributed by atoms with van der Waals surface area (Å²) in [6.07, 6.45) is 0. The number of hydrogen-bond donors (Lipinski definition) is 3. The third-order valence-corrected chi connectivity index (χ3v) is 4.16. The Labute approximate surface area is 165 Å². The molecule has 2 aromatic rings. The minimum absolute atomic E-state index is 0.00421. The smallest absolute Gasteiger partial charge is 0.337 e. The van der Waals surface area contributed by atoms with Gasteiger partial charge >= 0.3 is 5.97 Å². The molecule has 0 fully saturated rings. The van der Waals surface area contributed by atoms with E-state index >= 15 is 0 Å². The molecule has 0 radical (unpaired) electrons. The topological polar surface area (TPSA) is 87.7 Å². The maximum atomic E-state index is 11.9. The molecular formula is C17H14Cl2N2O4S. The highest BCUT2D eigenvalue weighted by Gasteiger charge is 2.11. The van der Waals surface area contributed by atoms with Gasteiger partial charge in [0.2, 0.25) is 0 Å². The van der Waals surface area contributed by atoms with Crippen LogP contribution in [0.5, 0.6) is 5.75 Å². The lowest BCUT2D eigenvalue weighted by Gasteiger charge is -2.11. The van der Waals surface area contributed by atoms with Gasteiger partial charge in [0, 0.05) is 10.7 Å². The summed E-state index contributed by atoms with van der Waals surface area (Å²) in [5.74, 6) is -1.13. The summed E-state index contributed by atoms with van der Waals surface area (Å²) in [6.45, 7) is 1.58. The van der Waals surface area contributed by atoms with E-state index in [-0.39, 0.29) is 22.3 Å². The van der Waals surface area contributed by atoms with E-state index in [0.29, 0.717) is 16.5 Å². The Bertz CT molecular complexity index is 874. The van der Waals surface area contributed by atoms with Gasteiger partial charge in [-0.05, 0) is 61.1 Å². The number of thiocarbonyl (C=S) groups is 1. The molecule has 1 amide bonds. The van der Waals surface area contributed by atoms with E-state index in [0.717, 1.165) is 5.56 Å². The molecule has 0 unspecified atom stereocenters. The molecule has 2 aromatic carbocycles. The van der Waals surface area contributed by atoms with Crippen molar-refractivity contribution in [2.75, 3.05) is 11.9 Å². The molecule has 0 aliphatic carbocycles. The zero-order valence-corrected chi connectivity index (χ0v) is 15.8. The Morgan fingerprint density at radius 1 is 1.15 bits per heavy atom. The van der Waals surface area contributed by atoms with Gasteiger partial charge in [-0.25, -0.2) is 4.79 Å². The van der Waals surface area contributed by atoms with Gasteiger partial charge in [0.1, 0.15) is 5.75 Å².